The Labute approximate surface area is 414 Å². The number of aliphatic carboxylic acids is 1. The number of rotatable bonds is 12. The summed E-state index contributed by atoms with van der Waals surface area (Å²) >= 11 is 4.89. The molecule has 350 valence electrons. The van der Waals surface area contributed by atoms with Crippen molar-refractivity contribution in [3.05, 3.63) is 207 Å². The number of allylic oxidation sites excluding steroid dienone is 1. The quantitative estimate of drug-likeness (QED) is 0.104. The van der Waals surface area contributed by atoms with E-state index in [0.29, 0.717) is 6.42 Å². The van der Waals surface area contributed by atoms with Crippen molar-refractivity contribution >= 4 is 78.2 Å². The average molecular weight is 972 g/mol. The van der Waals surface area contributed by atoms with Crippen LogP contribution in [0.1, 0.15) is 40.8 Å². The van der Waals surface area contributed by atoms with Gasteiger partial charge in [-0.15, -0.1) is 40.6 Å². The van der Waals surface area contributed by atoms with E-state index in [1.165, 1.54) is 10.3 Å². The highest BCUT2D eigenvalue weighted by atomic mass is 32.1. The van der Waals surface area contributed by atoms with E-state index in [2.05, 4.69) is 65.8 Å². The standard InChI is InChI=1S/C19H17NO2S.C18H14O3S.C18H16O2S.C3H6/c1-20-18(21)15-12-19(15,17-10-5-11-23-17)22-16-9-4-7-13-6-2-3-8-14(13)16;19-17(20)14-11-18(14,16-9-4-10-22-16)21-15-8-3-6-12-5-1-2-7-13(12)15;19-12-14-11-18(14,17-9-4-10-21-17)20-16-8-3-6-13-5-1-2-7-15(13)16;1-3-2/h2-11,15H,12H2,1H3,(H,20,21);1-10,14H,11H2,(H,19,20);1-10,14,19H,11-12H2;3H,1H2,2H3/t15-,19+;2*14-,18+;/m000./s1. The number of carbonyl (C=O) groups is 2. The smallest absolute Gasteiger partial charge is 0.311 e. The predicted molar refractivity (Wildman–Crippen MR) is 281 cm³/mol. The van der Waals surface area contributed by atoms with E-state index >= 15 is 0 Å². The fourth-order valence-corrected chi connectivity index (χ4v) is 11.9. The third-order valence-corrected chi connectivity index (χ3v) is 16.0. The number of amides is 1. The summed E-state index contributed by atoms with van der Waals surface area (Å²) in [6.07, 6.45) is 3.87. The third kappa shape index (κ3) is 9.65. The van der Waals surface area contributed by atoms with Gasteiger partial charge in [-0.3, -0.25) is 9.59 Å². The summed E-state index contributed by atoms with van der Waals surface area (Å²) < 4.78 is 19.2. The highest BCUT2D eigenvalue weighted by Crippen LogP contribution is 2.59. The summed E-state index contributed by atoms with van der Waals surface area (Å²) in [6.45, 7) is 5.42. The number of fused-ring (bicyclic) bond motifs is 3. The Morgan fingerprint density at radius 3 is 1.28 bits per heavy atom. The lowest BCUT2D eigenvalue weighted by Crippen LogP contribution is -2.28. The van der Waals surface area contributed by atoms with Crippen LogP contribution in [0.5, 0.6) is 17.2 Å². The Morgan fingerprint density at radius 2 is 0.928 bits per heavy atom. The Morgan fingerprint density at radius 1 is 0.565 bits per heavy atom. The van der Waals surface area contributed by atoms with Crippen LogP contribution in [0.2, 0.25) is 0 Å². The van der Waals surface area contributed by atoms with E-state index in [4.69, 9.17) is 14.2 Å². The van der Waals surface area contributed by atoms with Crippen LogP contribution in [-0.2, 0) is 26.4 Å². The van der Waals surface area contributed by atoms with Crippen molar-refractivity contribution < 1.29 is 34.0 Å². The Hall–Kier alpha value is -6.76. The van der Waals surface area contributed by atoms with Crippen LogP contribution in [0.15, 0.2) is 193 Å². The van der Waals surface area contributed by atoms with Gasteiger partial charge in [-0.1, -0.05) is 133 Å². The molecule has 0 saturated heterocycles. The molecule has 12 rings (SSSR count). The first-order valence-corrected chi connectivity index (χ1v) is 25.6. The van der Waals surface area contributed by atoms with Crippen LogP contribution in [0.3, 0.4) is 0 Å². The molecule has 3 aliphatic carbocycles. The number of benzene rings is 6. The molecule has 0 unspecified atom stereocenters. The third-order valence-electron chi connectivity index (χ3n) is 12.9. The van der Waals surface area contributed by atoms with Crippen molar-refractivity contribution in [1.82, 2.24) is 5.32 Å². The Kier molecular flexibility index (Phi) is 14.0. The van der Waals surface area contributed by atoms with Crippen LogP contribution in [0, 0.1) is 17.8 Å². The van der Waals surface area contributed by atoms with Gasteiger partial charge in [0, 0.05) is 63.0 Å². The number of carboxylic acids is 1. The summed E-state index contributed by atoms with van der Waals surface area (Å²) in [7, 11) is 1.68. The number of carboxylic acid groups (broad SMARTS) is 1. The van der Waals surface area contributed by atoms with Gasteiger partial charge in [-0.05, 0) is 75.6 Å². The summed E-state index contributed by atoms with van der Waals surface area (Å²) in [6, 6.07) is 54.6. The molecule has 6 atom stereocenters. The van der Waals surface area contributed by atoms with Gasteiger partial charge in [0.05, 0.1) is 12.5 Å². The van der Waals surface area contributed by atoms with Crippen LogP contribution < -0.4 is 19.5 Å². The van der Waals surface area contributed by atoms with Gasteiger partial charge < -0.3 is 29.7 Å². The van der Waals surface area contributed by atoms with Gasteiger partial charge in [0.15, 0.2) is 11.2 Å². The maximum absolute atomic E-state index is 12.2. The monoisotopic (exact) mass is 971 g/mol. The maximum Gasteiger partial charge on any atom is 0.311 e. The van der Waals surface area contributed by atoms with Crippen molar-refractivity contribution in [2.45, 2.75) is 43.0 Å². The van der Waals surface area contributed by atoms with Crippen molar-refractivity contribution in [2.24, 2.45) is 17.8 Å². The van der Waals surface area contributed by atoms with Gasteiger partial charge >= 0.3 is 5.97 Å². The van der Waals surface area contributed by atoms with E-state index in [0.717, 1.165) is 66.8 Å². The molecule has 3 saturated carbocycles. The first-order valence-electron chi connectivity index (χ1n) is 22.9. The van der Waals surface area contributed by atoms with E-state index in [1.54, 1.807) is 47.1 Å². The molecule has 3 heterocycles. The minimum Gasteiger partial charge on any atom is -0.481 e. The van der Waals surface area contributed by atoms with Crippen LogP contribution in [0.25, 0.3) is 32.3 Å². The molecule has 0 bridgehead atoms. The molecule has 8 nitrogen and oxygen atoms in total. The van der Waals surface area contributed by atoms with Gasteiger partial charge in [0.2, 0.25) is 5.91 Å². The van der Waals surface area contributed by atoms with E-state index in [1.807, 2.05) is 133 Å². The second kappa shape index (κ2) is 20.5. The van der Waals surface area contributed by atoms with E-state index < -0.39 is 23.1 Å². The normalized spacial score (nSPS) is 22.6. The summed E-state index contributed by atoms with van der Waals surface area (Å²) in [5.41, 5.74) is -1.59. The summed E-state index contributed by atoms with van der Waals surface area (Å²) in [4.78, 5) is 26.9. The zero-order chi connectivity index (χ0) is 48.0. The van der Waals surface area contributed by atoms with E-state index in [9.17, 15) is 19.8 Å². The number of carbonyl (C=O) groups excluding carboxylic acids is 1. The fourth-order valence-electron chi connectivity index (χ4n) is 9.12. The van der Waals surface area contributed by atoms with Crippen LogP contribution in [-0.4, -0.2) is 35.7 Å². The van der Waals surface area contributed by atoms with Crippen molar-refractivity contribution in [3.63, 3.8) is 0 Å². The Bertz CT molecular complexity index is 3170. The number of hydrogen-bond donors (Lipinski definition) is 3. The fraction of sp³-hybridized carbons (Fsp3) is 0.207. The number of nitrogens with one attached hydrogen (secondary N) is 1. The molecule has 3 aliphatic rings. The Balaban J connectivity index is 0.000000125. The average Bonchev–Trinajstić information content (AvgIpc) is 4.16. The van der Waals surface area contributed by atoms with Crippen molar-refractivity contribution in [1.29, 1.82) is 0 Å². The van der Waals surface area contributed by atoms with Crippen LogP contribution in [0.4, 0.5) is 0 Å². The SMILES string of the molecule is C=CC.CNC(=O)[C@@H]1C[C@]1(Oc1cccc2ccccc12)c1cccs1.O=C(O)[C@@H]1C[C@]1(Oc1cccc2ccccc12)c1cccs1.OC[C@@H]1C[C@]1(Oc1cccc2ccccc12)c1cccs1. The molecule has 3 aromatic heterocycles. The number of aliphatic hydroxyl groups is 1. The minimum atomic E-state index is -0.798. The van der Waals surface area contributed by atoms with Gasteiger partial charge in [0.25, 0.3) is 0 Å². The molecule has 9 aromatic rings. The van der Waals surface area contributed by atoms with Crippen molar-refractivity contribution in [3.8, 4) is 17.2 Å². The van der Waals surface area contributed by atoms with Crippen molar-refractivity contribution in [2.75, 3.05) is 13.7 Å². The molecule has 1 amide bonds. The second-order valence-electron chi connectivity index (χ2n) is 17.3. The number of ether oxygens (including phenoxy) is 3. The molecule has 69 heavy (non-hydrogen) atoms. The lowest BCUT2D eigenvalue weighted by molar-refractivity contribution is -0.140. The van der Waals surface area contributed by atoms with Gasteiger partial charge in [0.1, 0.15) is 28.8 Å². The molecular formula is C58H53NO7S3. The van der Waals surface area contributed by atoms with E-state index in [-0.39, 0.29) is 30.0 Å². The largest absolute Gasteiger partial charge is 0.481 e. The topological polar surface area (TPSA) is 114 Å². The molecule has 6 aromatic carbocycles. The first kappa shape index (κ1) is 47.3. The molecule has 11 heteroatoms. The number of aliphatic hydroxyl groups excluding tert-OH is 1. The first-order chi connectivity index (χ1) is 33.7. The maximum atomic E-state index is 12.2. The highest BCUT2D eigenvalue weighted by Gasteiger charge is 2.64. The van der Waals surface area contributed by atoms with Gasteiger partial charge in [-0.2, -0.15) is 0 Å². The molecule has 3 fully saturated rings. The number of hydrogen-bond acceptors (Lipinski definition) is 9. The number of thiophene rings is 3. The summed E-state index contributed by atoms with van der Waals surface area (Å²) in [5, 5.41) is 34.4. The highest BCUT2D eigenvalue weighted by molar-refractivity contribution is 7.10. The molecule has 0 radical (unpaired) electrons. The zero-order valence-corrected chi connectivity index (χ0v) is 40.8. The predicted octanol–water partition coefficient (Wildman–Crippen LogP) is 13.6. The van der Waals surface area contributed by atoms with Gasteiger partial charge in [-0.25, -0.2) is 0 Å². The molecule has 0 aliphatic heterocycles. The molecular weight excluding hydrogens is 919 g/mol. The molecule has 0 spiro atoms. The lowest BCUT2D eigenvalue weighted by Gasteiger charge is -2.20. The van der Waals surface area contributed by atoms with Crippen LogP contribution >= 0.6 is 34.0 Å². The lowest BCUT2D eigenvalue weighted by atomic mass is 10.1. The summed E-state index contributed by atoms with van der Waals surface area (Å²) in [5.74, 6) is 1.30. The molecule has 3 N–H and O–H groups in total. The zero-order valence-electron chi connectivity index (χ0n) is 38.3. The minimum absolute atomic E-state index is 0.0404. The second-order valence-corrected chi connectivity index (χ2v) is 20.1.